The highest BCUT2D eigenvalue weighted by atomic mass is 32.2. The molecule has 0 aliphatic carbocycles. The van der Waals surface area contributed by atoms with Crippen LogP contribution in [0.15, 0.2) is 10.6 Å². The number of sulfone groups is 1. The van der Waals surface area contributed by atoms with Gasteiger partial charge in [0, 0.05) is 12.6 Å². The molecule has 1 aliphatic rings. The Morgan fingerprint density at radius 3 is 2.75 bits per heavy atom. The summed E-state index contributed by atoms with van der Waals surface area (Å²) in [5.41, 5.74) is 0.823. The number of hydrogen-bond donors (Lipinski definition) is 2. The molecular weight excluding hydrogens is 284 g/mol. The van der Waals surface area contributed by atoms with Crippen LogP contribution in [0.2, 0.25) is 0 Å². The molecule has 2 heterocycles. The number of aliphatic hydroxyl groups is 2. The van der Waals surface area contributed by atoms with Crippen molar-refractivity contribution in [1.29, 1.82) is 0 Å². The number of nitrogens with zero attached hydrogens (tertiary/aromatic N) is 2. The largest absolute Gasteiger partial charge is 0.395 e. The highest BCUT2D eigenvalue weighted by Gasteiger charge is 2.40. The second kappa shape index (κ2) is 6.21. The van der Waals surface area contributed by atoms with E-state index in [1.807, 2.05) is 6.92 Å². The molecule has 1 saturated heterocycles. The average molecular weight is 304 g/mol. The van der Waals surface area contributed by atoms with Gasteiger partial charge in [0.25, 0.3) is 0 Å². The maximum atomic E-state index is 11.6. The van der Waals surface area contributed by atoms with Gasteiger partial charge in [0.1, 0.15) is 0 Å². The first-order valence-corrected chi connectivity index (χ1v) is 8.45. The van der Waals surface area contributed by atoms with Crippen molar-refractivity contribution in [2.45, 2.75) is 32.0 Å². The SMILES string of the molecule is CCc1cc(CN(CCO)[C@@H]2CS(=O)(=O)C[C@H]2O)on1. The van der Waals surface area contributed by atoms with Crippen LogP contribution in [0.4, 0.5) is 0 Å². The van der Waals surface area contributed by atoms with Crippen LogP contribution in [-0.4, -0.2) is 65.5 Å². The van der Waals surface area contributed by atoms with Gasteiger partial charge in [-0.05, 0) is 6.42 Å². The van der Waals surface area contributed by atoms with Crippen LogP contribution in [0, 0.1) is 0 Å². The Bertz CT molecular complexity index is 542. The molecule has 8 heteroatoms. The van der Waals surface area contributed by atoms with Crippen molar-refractivity contribution in [3.63, 3.8) is 0 Å². The van der Waals surface area contributed by atoms with E-state index >= 15 is 0 Å². The quantitative estimate of drug-likeness (QED) is 0.708. The van der Waals surface area contributed by atoms with Crippen molar-refractivity contribution in [1.82, 2.24) is 10.1 Å². The molecule has 0 unspecified atom stereocenters. The molecule has 1 aromatic heterocycles. The lowest BCUT2D eigenvalue weighted by atomic mass is 10.1. The first kappa shape index (κ1) is 15.4. The molecule has 2 rings (SSSR count). The summed E-state index contributed by atoms with van der Waals surface area (Å²) in [7, 11) is -3.22. The Morgan fingerprint density at radius 2 is 2.25 bits per heavy atom. The lowest BCUT2D eigenvalue weighted by Crippen LogP contribution is -2.44. The highest BCUT2D eigenvalue weighted by Crippen LogP contribution is 2.20. The predicted octanol–water partition coefficient (Wildman–Crippen LogP) is -0.811. The summed E-state index contributed by atoms with van der Waals surface area (Å²) in [4.78, 5) is 1.73. The maximum Gasteiger partial charge on any atom is 0.154 e. The normalized spacial score (nSPS) is 25.4. The smallest absolute Gasteiger partial charge is 0.154 e. The number of rotatable bonds is 6. The molecule has 1 aromatic rings. The van der Waals surface area contributed by atoms with Gasteiger partial charge in [-0.25, -0.2) is 8.42 Å². The van der Waals surface area contributed by atoms with Crippen molar-refractivity contribution < 1.29 is 23.2 Å². The molecule has 2 atom stereocenters. The second-order valence-corrected chi connectivity index (χ2v) is 7.20. The van der Waals surface area contributed by atoms with Crippen LogP contribution in [0.5, 0.6) is 0 Å². The fourth-order valence-electron chi connectivity index (χ4n) is 2.45. The van der Waals surface area contributed by atoms with Crippen molar-refractivity contribution >= 4 is 9.84 Å². The molecule has 20 heavy (non-hydrogen) atoms. The molecule has 0 aromatic carbocycles. The minimum atomic E-state index is -3.22. The standard InChI is InChI=1S/C12H20N2O5S/c1-2-9-5-10(19-13-9)6-14(3-4-15)11-7-20(17,18)8-12(11)16/h5,11-12,15-16H,2-4,6-8H2,1H3/t11-,12-/m1/s1. The van der Waals surface area contributed by atoms with Gasteiger partial charge in [-0.3, -0.25) is 4.90 Å². The third kappa shape index (κ3) is 3.57. The lowest BCUT2D eigenvalue weighted by Gasteiger charge is -2.28. The van der Waals surface area contributed by atoms with Gasteiger partial charge in [-0.2, -0.15) is 0 Å². The molecule has 0 bridgehead atoms. The van der Waals surface area contributed by atoms with Gasteiger partial charge < -0.3 is 14.7 Å². The van der Waals surface area contributed by atoms with Crippen LogP contribution >= 0.6 is 0 Å². The van der Waals surface area contributed by atoms with Crippen molar-refractivity contribution in [2.24, 2.45) is 0 Å². The minimum Gasteiger partial charge on any atom is -0.395 e. The molecule has 1 fully saturated rings. The molecule has 2 N–H and O–H groups in total. The van der Waals surface area contributed by atoms with Gasteiger partial charge in [-0.15, -0.1) is 0 Å². The second-order valence-electron chi connectivity index (χ2n) is 5.04. The van der Waals surface area contributed by atoms with E-state index < -0.39 is 22.0 Å². The van der Waals surface area contributed by atoms with Gasteiger partial charge in [-0.1, -0.05) is 12.1 Å². The number of aliphatic hydroxyl groups excluding tert-OH is 2. The van der Waals surface area contributed by atoms with E-state index in [2.05, 4.69) is 5.16 Å². The van der Waals surface area contributed by atoms with E-state index in [9.17, 15) is 13.5 Å². The third-order valence-electron chi connectivity index (χ3n) is 3.48. The summed E-state index contributed by atoms with van der Waals surface area (Å²) < 4.78 is 28.3. The van der Waals surface area contributed by atoms with Crippen LogP contribution in [0.25, 0.3) is 0 Å². The van der Waals surface area contributed by atoms with Crippen LogP contribution in [-0.2, 0) is 22.8 Å². The summed E-state index contributed by atoms with van der Waals surface area (Å²) in [5, 5.41) is 22.9. The zero-order valence-corrected chi connectivity index (χ0v) is 12.2. The van der Waals surface area contributed by atoms with Crippen LogP contribution in [0.3, 0.4) is 0 Å². The Hall–Kier alpha value is -0.960. The fraction of sp³-hybridized carbons (Fsp3) is 0.750. The fourth-order valence-corrected chi connectivity index (χ4v) is 4.28. The first-order chi connectivity index (χ1) is 9.45. The Labute approximate surface area is 118 Å². The molecular formula is C12H20N2O5S. The molecule has 1 aliphatic heterocycles. The summed E-state index contributed by atoms with van der Waals surface area (Å²) >= 11 is 0. The van der Waals surface area contributed by atoms with E-state index in [0.717, 1.165) is 12.1 Å². The lowest BCUT2D eigenvalue weighted by molar-refractivity contribution is 0.0599. The first-order valence-electron chi connectivity index (χ1n) is 6.63. The van der Waals surface area contributed by atoms with Gasteiger partial charge in [0.15, 0.2) is 15.6 Å². The van der Waals surface area contributed by atoms with Crippen molar-refractivity contribution in [2.75, 3.05) is 24.7 Å². The van der Waals surface area contributed by atoms with E-state index in [4.69, 9.17) is 9.63 Å². The van der Waals surface area contributed by atoms with Gasteiger partial charge >= 0.3 is 0 Å². The molecule has 0 amide bonds. The Morgan fingerprint density at radius 1 is 1.50 bits per heavy atom. The summed E-state index contributed by atoms with van der Waals surface area (Å²) in [6.45, 7) is 2.45. The average Bonchev–Trinajstić information content (AvgIpc) is 2.92. The zero-order valence-electron chi connectivity index (χ0n) is 11.4. The molecule has 0 radical (unpaired) electrons. The maximum absolute atomic E-state index is 11.6. The van der Waals surface area contributed by atoms with Gasteiger partial charge in [0.05, 0.1) is 42.5 Å². The number of aromatic nitrogens is 1. The molecule has 0 spiro atoms. The predicted molar refractivity (Wildman–Crippen MR) is 71.8 cm³/mol. The van der Waals surface area contributed by atoms with E-state index in [0.29, 0.717) is 12.3 Å². The summed E-state index contributed by atoms with van der Waals surface area (Å²) in [5.74, 6) is 0.283. The Kier molecular flexibility index (Phi) is 4.79. The van der Waals surface area contributed by atoms with Gasteiger partial charge in [0.2, 0.25) is 0 Å². The number of hydrogen-bond acceptors (Lipinski definition) is 7. The van der Waals surface area contributed by atoms with Crippen molar-refractivity contribution in [3.8, 4) is 0 Å². The van der Waals surface area contributed by atoms with E-state index in [1.54, 1.807) is 11.0 Å². The minimum absolute atomic E-state index is 0.0943. The molecule has 114 valence electrons. The number of aryl methyl sites for hydroxylation is 1. The monoisotopic (exact) mass is 304 g/mol. The highest BCUT2D eigenvalue weighted by molar-refractivity contribution is 7.91. The van der Waals surface area contributed by atoms with Crippen molar-refractivity contribution in [3.05, 3.63) is 17.5 Å². The van der Waals surface area contributed by atoms with Crippen LogP contribution in [0.1, 0.15) is 18.4 Å². The molecule has 7 nitrogen and oxygen atoms in total. The Balaban J connectivity index is 2.10. The summed E-state index contributed by atoms with van der Waals surface area (Å²) in [6.07, 6.45) is -0.177. The van der Waals surface area contributed by atoms with E-state index in [-0.39, 0.29) is 24.7 Å². The van der Waals surface area contributed by atoms with E-state index in [1.165, 1.54) is 0 Å². The summed E-state index contributed by atoms with van der Waals surface area (Å²) in [6, 6.07) is 1.29. The zero-order chi connectivity index (χ0) is 14.8. The topological polar surface area (TPSA) is 104 Å². The van der Waals surface area contributed by atoms with Crippen LogP contribution < -0.4 is 0 Å². The molecule has 0 saturated carbocycles. The third-order valence-corrected chi connectivity index (χ3v) is 5.18.